The lowest BCUT2D eigenvalue weighted by Gasteiger charge is -2.36. The summed E-state index contributed by atoms with van der Waals surface area (Å²) in [4.78, 5) is 29.0. The monoisotopic (exact) mass is 449 g/mol. The first kappa shape index (κ1) is 26.1. The highest BCUT2D eigenvalue weighted by Gasteiger charge is 2.50. The van der Waals surface area contributed by atoms with Gasteiger partial charge < -0.3 is 14.7 Å². The van der Waals surface area contributed by atoms with Crippen LogP contribution in [0, 0.1) is 12.0 Å². The van der Waals surface area contributed by atoms with Crippen molar-refractivity contribution in [3.05, 3.63) is 47.3 Å². The Morgan fingerprint density at radius 2 is 1.77 bits per heavy atom. The number of ether oxygens (including phenoxy) is 1. The van der Waals surface area contributed by atoms with Gasteiger partial charge in [-0.25, -0.2) is 6.57 Å². The molecule has 1 aromatic rings. The molecule has 0 saturated carbocycles. The number of unbranched alkanes of at least 4 members (excludes halogenated alkanes) is 1. The lowest BCUT2D eigenvalue weighted by atomic mass is 9.73. The van der Waals surface area contributed by atoms with Crippen molar-refractivity contribution < 1.29 is 19.4 Å². The number of esters is 1. The quantitative estimate of drug-likeness (QED) is 0.200. The first-order valence-corrected chi connectivity index (χ1v) is 11.2. The molecule has 2 unspecified atom stereocenters. The van der Waals surface area contributed by atoms with Gasteiger partial charge in [0, 0.05) is 20.3 Å². The number of carbonyl (C=O) groups is 2. The van der Waals surface area contributed by atoms with Gasteiger partial charge in [-0.2, -0.15) is 0 Å². The van der Waals surface area contributed by atoms with E-state index in [2.05, 4.69) is 4.85 Å². The normalized spacial score (nSPS) is 15.3. The van der Waals surface area contributed by atoms with E-state index in [1.54, 1.807) is 27.7 Å². The molecule has 0 bridgehead atoms. The summed E-state index contributed by atoms with van der Waals surface area (Å²) in [7, 11) is 0. The molecule has 1 aromatic carbocycles. The van der Waals surface area contributed by atoms with Gasteiger partial charge in [0.2, 0.25) is 5.54 Å². The van der Waals surface area contributed by atoms with E-state index in [4.69, 9.17) is 23.5 Å². The summed E-state index contributed by atoms with van der Waals surface area (Å²) in [5.41, 5.74) is -1.21. The summed E-state index contributed by atoms with van der Waals surface area (Å²) >= 11 is 6.56. The Balaban J connectivity index is 3.22. The average molecular weight is 450 g/mol. The predicted molar refractivity (Wildman–Crippen MR) is 126 cm³/mol. The molecule has 0 saturated heterocycles. The highest BCUT2D eigenvalue weighted by molar-refractivity contribution is 8.25. The van der Waals surface area contributed by atoms with Crippen molar-refractivity contribution in [1.29, 1.82) is 0 Å². The Bertz CT molecular complexity index is 803. The number of aliphatic carboxylic acids is 1. The van der Waals surface area contributed by atoms with Crippen molar-refractivity contribution in [3.63, 3.8) is 0 Å². The van der Waals surface area contributed by atoms with Crippen LogP contribution in [-0.4, -0.2) is 38.1 Å². The second kappa shape index (κ2) is 10.9. The molecule has 5 nitrogen and oxygen atoms in total. The lowest BCUT2D eigenvalue weighted by molar-refractivity contribution is -0.158. The molecule has 2 atom stereocenters. The number of hydrogen-bond acceptors (Lipinski definition) is 5. The van der Waals surface area contributed by atoms with Gasteiger partial charge in [-0.15, -0.1) is 0 Å². The molecule has 0 heterocycles. The molecule has 7 heteroatoms. The number of carboxylic acid groups (broad SMARTS) is 1. The van der Waals surface area contributed by atoms with Gasteiger partial charge >= 0.3 is 11.9 Å². The predicted octanol–water partition coefficient (Wildman–Crippen LogP) is 5.77. The van der Waals surface area contributed by atoms with E-state index in [0.717, 1.165) is 30.2 Å². The molecule has 0 aliphatic heterocycles. The van der Waals surface area contributed by atoms with Gasteiger partial charge in [-0.05, 0) is 32.3 Å². The number of thioether (sulfide) groups is 1. The number of benzene rings is 1. The molecule has 0 aliphatic rings. The molecular weight excluding hydrogens is 418 g/mol. The number of hydrogen-bond donors (Lipinski definition) is 1. The molecular formula is C23H31NO4S2. The SMILES string of the molecule is [C-]#[N+]C(C)(C)CC(C)(CC(C)(SC(=S)c1ccccc1)C(=O)O)C(=O)OCCCC. The maximum Gasteiger partial charge on any atom is 0.319 e. The third-order valence-corrected chi connectivity index (χ3v) is 6.53. The Kier molecular flexibility index (Phi) is 9.51. The molecule has 30 heavy (non-hydrogen) atoms. The Morgan fingerprint density at radius 1 is 1.17 bits per heavy atom. The Hall–Kier alpha value is -1.91. The van der Waals surface area contributed by atoms with E-state index < -0.39 is 27.6 Å². The van der Waals surface area contributed by atoms with Gasteiger partial charge in [0.05, 0.1) is 16.2 Å². The highest BCUT2D eigenvalue weighted by atomic mass is 32.2. The Morgan fingerprint density at radius 3 is 2.27 bits per heavy atom. The smallest absolute Gasteiger partial charge is 0.319 e. The minimum Gasteiger partial charge on any atom is -0.480 e. The van der Waals surface area contributed by atoms with E-state index in [-0.39, 0.29) is 19.4 Å². The number of carboxylic acids is 1. The largest absolute Gasteiger partial charge is 0.480 e. The lowest BCUT2D eigenvalue weighted by Crippen LogP contribution is -2.45. The van der Waals surface area contributed by atoms with Gasteiger partial charge in [-0.1, -0.05) is 67.7 Å². The van der Waals surface area contributed by atoms with Crippen molar-refractivity contribution in [3.8, 4) is 0 Å². The van der Waals surface area contributed by atoms with Crippen molar-refractivity contribution in [2.24, 2.45) is 5.41 Å². The third-order valence-electron chi connectivity index (χ3n) is 4.86. The second-order valence-corrected chi connectivity index (χ2v) is 10.8. The van der Waals surface area contributed by atoms with Crippen LogP contribution in [-0.2, 0) is 14.3 Å². The summed E-state index contributed by atoms with van der Waals surface area (Å²) in [6.07, 6.45) is 1.80. The van der Waals surface area contributed by atoms with Crippen LogP contribution in [0.15, 0.2) is 30.3 Å². The van der Waals surface area contributed by atoms with Crippen LogP contribution in [0.5, 0.6) is 0 Å². The zero-order chi connectivity index (χ0) is 23.0. The molecule has 1 N–H and O–H groups in total. The first-order valence-electron chi connectivity index (χ1n) is 9.97. The topological polar surface area (TPSA) is 68.0 Å². The number of rotatable bonds is 11. The standard InChI is InChI=1S/C23H31NO4S2/c1-7-8-14-28-20(27)22(4,15-21(2,3)24-6)16-23(5,19(25)26)30-18(29)17-12-10-9-11-13-17/h9-13H,7-8,14-16H2,1-5H3,(H,25,26). The zero-order valence-electron chi connectivity index (χ0n) is 18.4. The fourth-order valence-electron chi connectivity index (χ4n) is 3.42. The van der Waals surface area contributed by atoms with Crippen molar-refractivity contribution in [1.82, 2.24) is 0 Å². The fourth-order valence-corrected chi connectivity index (χ4v) is 5.25. The molecule has 0 radical (unpaired) electrons. The van der Waals surface area contributed by atoms with E-state index >= 15 is 0 Å². The van der Waals surface area contributed by atoms with Crippen LogP contribution in [0.3, 0.4) is 0 Å². The Labute approximate surface area is 189 Å². The van der Waals surface area contributed by atoms with Gasteiger partial charge in [-0.3, -0.25) is 9.59 Å². The number of carbonyl (C=O) groups excluding carboxylic acids is 1. The van der Waals surface area contributed by atoms with Crippen molar-refractivity contribution in [2.75, 3.05) is 6.61 Å². The molecule has 0 fully saturated rings. The number of thiocarbonyl (C=S) groups is 1. The highest BCUT2D eigenvalue weighted by Crippen LogP contribution is 2.45. The fraction of sp³-hybridized carbons (Fsp3) is 0.565. The van der Waals surface area contributed by atoms with Crippen molar-refractivity contribution in [2.45, 2.75) is 70.6 Å². The molecule has 1 rings (SSSR count). The van der Waals surface area contributed by atoms with Crippen LogP contribution >= 0.6 is 24.0 Å². The molecule has 0 aliphatic carbocycles. The second-order valence-electron chi connectivity index (χ2n) is 8.62. The van der Waals surface area contributed by atoms with Crippen LogP contribution in [0.4, 0.5) is 0 Å². The summed E-state index contributed by atoms with van der Waals surface area (Å²) in [6.45, 7) is 16.5. The maximum atomic E-state index is 13.0. The van der Waals surface area contributed by atoms with Crippen LogP contribution in [0.1, 0.15) is 65.9 Å². The zero-order valence-corrected chi connectivity index (χ0v) is 20.0. The molecule has 0 amide bonds. The van der Waals surface area contributed by atoms with Gasteiger partial charge in [0.1, 0.15) is 4.75 Å². The van der Waals surface area contributed by atoms with Crippen LogP contribution in [0.2, 0.25) is 0 Å². The summed E-state index contributed by atoms with van der Waals surface area (Å²) in [5.74, 6) is -1.52. The summed E-state index contributed by atoms with van der Waals surface area (Å²) in [5, 5.41) is 10.1. The van der Waals surface area contributed by atoms with Gasteiger partial charge in [0.15, 0.2) is 0 Å². The summed E-state index contributed by atoms with van der Waals surface area (Å²) < 4.78 is 4.57. The summed E-state index contributed by atoms with van der Waals surface area (Å²) in [6, 6.07) is 9.21. The van der Waals surface area contributed by atoms with Gasteiger partial charge in [0.25, 0.3) is 0 Å². The molecule has 0 spiro atoms. The maximum absolute atomic E-state index is 13.0. The minimum atomic E-state index is -1.36. The van der Waals surface area contributed by atoms with E-state index in [1.807, 2.05) is 37.3 Å². The van der Waals surface area contributed by atoms with E-state index in [1.165, 1.54) is 0 Å². The third kappa shape index (κ3) is 7.41. The minimum absolute atomic E-state index is 0.00309. The van der Waals surface area contributed by atoms with Crippen LogP contribution < -0.4 is 0 Å². The molecule has 0 aromatic heterocycles. The molecule has 164 valence electrons. The first-order chi connectivity index (χ1) is 13.9. The van der Waals surface area contributed by atoms with Crippen molar-refractivity contribution >= 4 is 40.1 Å². The average Bonchev–Trinajstić information content (AvgIpc) is 2.68. The van der Waals surface area contributed by atoms with E-state index in [0.29, 0.717) is 4.20 Å². The van der Waals surface area contributed by atoms with E-state index in [9.17, 15) is 14.7 Å². The van der Waals surface area contributed by atoms with Crippen LogP contribution in [0.25, 0.3) is 4.85 Å². The number of nitrogens with zero attached hydrogens (tertiary/aromatic N) is 1.